The Morgan fingerprint density at radius 3 is 2.37 bits per heavy atom. The molecule has 5 nitrogen and oxygen atoms in total. The molecule has 4 aliphatic carbocycles. The van der Waals surface area contributed by atoms with Crippen molar-refractivity contribution >= 4 is 23.4 Å². The molecular formula is C21H27ClN2O3. The lowest BCUT2D eigenvalue weighted by atomic mass is 9.49. The molecule has 0 saturated heterocycles. The molecule has 4 fully saturated rings. The lowest BCUT2D eigenvalue weighted by Gasteiger charge is -2.55. The third-order valence-corrected chi connectivity index (χ3v) is 6.65. The maximum atomic E-state index is 12.8. The Hall–Kier alpha value is -1.75. The molecule has 0 spiro atoms. The van der Waals surface area contributed by atoms with Crippen molar-refractivity contribution < 1.29 is 14.3 Å². The fraction of sp³-hybridized carbons (Fsp3) is 0.619. The number of rotatable bonds is 7. The second-order valence-electron chi connectivity index (χ2n) is 8.54. The highest BCUT2D eigenvalue weighted by Crippen LogP contribution is 2.60. The number of ether oxygens (including phenoxy) is 1. The topological polar surface area (TPSA) is 67.4 Å². The molecule has 0 radical (unpaired) electrons. The number of nitrogens with one attached hydrogen (secondary N) is 2. The number of amides is 2. The molecule has 4 saturated carbocycles. The number of benzene rings is 1. The lowest BCUT2D eigenvalue weighted by Crippen LogP contribution is -2.54. The lowest BCUT2D eigenvalue weighted by molar-refractivity contribution is -0.147. The van der Waals surface area contributed by atoms with Gasteiger partial charge >= 0.3 is 0 Å². The second-order valence-corrected chi connectivity index (χ2v) is 8.97. The van der Waals surface area contributed by atoms with Gasteiger partial charge in [-0.1, -0.05) is 17.7 Å². The van der Waals surface area contributed by atoms with E-state index in [4.69, 9.17) is 16.3 Å². The van der Waals surface area contributed by atoms with E-state index in [2.05, 4.69) is 10.6 Å². The van der Waals surface area contributed by atoms with Crippen molar-refractivity contribution in [2.45, 2.75) is 38.5 Å². The molecule has 0 aromatic heterocycles. The van der Waals surface area contributed by atoms with Gasteiger partial charge in [0.05, 0.1) is 13.1 Å². The summed E-state index contributed by atoms with van der Waals surface area (Å²) in [5.74, 6) is 2.75. The van der Waals surface area contributed by atoms with Gasteiger partial charge in [-0.05, 0) is 74.5 Å². The summed E-state index contributed by atoms with van der Waals surface area (Å²) in [6, 6.07) is 7.15. The van der Waals surface area contributed by atoms with Gasteiger partial charge in [0.2, 0.25) is 11.8 Å². The Labute approximate surface area is 165 Å². The molecule has 0 unspecified atom stereocenters. The van der Waals surface area contributed by atoms with Gasteiger partial charge in [0.25, 0.3) is 0 Å². The Bertz CT molecular complexity index is 686. The van der Waals surface area contributed by atoms with E-state index in [1.54, 1.807) is 12.1 Å². The van der Waals surface area contributed by atoms with E-state index in [0.717, 1.165) is 37.0 Å². The van der Waals surface area contributed by atoms with Crippen LogP contribution in [0.1, 0.15) is 38.5 Å². The summed E-state index contributed by atoms with van der Waals surface area (Å²) in [5, 5.41) is 6.30. The van der Waals surface area contributed by atoms with Crippen molar-refractivity contribution in [2.24, 2.45) is 23.2 Å². The van der Waals surface area contributed by atoms with Crippen LogP contribution in [0.25, 0.3) is 0 Å². The van der Waals surface area contributed by atoms with Gasteiger partial charge in [0.15, 0.2) is 0 Å². The highest BCUT2D eigenvalue weighted by Gasteiger charge is 2.54. The van der Waals surface area contributed by atoms with Crippen molar-refractivity contribution in [3.05, 3.63) is 29.3 Å². The molecule has 27 heavy (non-hydrogen) atoms. The van der Waals surface area contributed by atoms with Crippen LogP contribution < -0.4 is 15.4 Å². The Morgan fingerprint density at radius 1 is 1.07 bits per heavy atom. The zero-order valence-electron chi connectivity index (χ0n) is 15.5. The first-order chi connectivity index (χ1) is 13.0. The van der Waals surface area contributed by atoms with Crippen LogP contribution in [0.3, 0.4) is 0 Å². The first-order valence-electron chi connectivity index (χ1n) is 9.96. The number of carbonyl (C=O) groups excluding carboxylic acids is 2. The van der Waals surface area contributed by atoms with E-state index < -0.39 is 0 Å². The molecule has 0 heterocycles. The minimum atomic E-state index is -0.204. The standard InChI is InChI=1S/C21H27ClN2O3/c22-17-2-1-3-18(9-17)27-5-4-23-19(25)13-24-20(26)21-10-14-6-15(11-21)8-16(7-14)12-21/h1-3,9,14-16H,4-8,10-13H2,(H,23,25)(H,24,26). The Kier molecular flexibility index (Phi) is 5.31. The van der Waals surface area contributed by atoms with Crippen LogP contribution in [-0.2, 0) is 9.59 Å². The van der Waals surface area contributed by atoms with Crippen LogP contribution in [-0.4, -0.2) is 31.5 Å². The number of halogens is 1. The maximum Gasteiger partial charge on any atom is 0.239 e. The van der Waals surface area contributed by atoms with E-state index >= 15 is 0 Å². The molecule has 1 aromatic carbocycles. The van der Waals surface area contributed by atoms with Gasteiger partial charge < -0.3 is 15.4 Å². The van der Waals surface area contributed by atoms with Crippen LogP contribution >= 0.6 is 11.6 Å². The fourth-order valence-corrected chi connectivity index (χ4v) is 5.90. The van der Waals surface area contributed by atoms with Crippen molar-refractivity contribution in [3.63, 3.8) is 0 Å². The van der Waals surface area contributed by atoms with Crippen molar-refractivity contribution in [1.29, 1.82) is 0 Å². The minimum absolute atomic E-state index is 0.0394. The third-order valence-electron chi connectivity index (χ3n) is 6.42. The van der Waals surface area contributed by atoms with Gasteiger partial charge in [-0.15, -0.1) is 0 Å². The van der Waals surface area contributed by atoms with Crippen molar-refractivity contribution in [1.82, 2.24) is 10.6 Å². The van der Waals surface area contributed by atoms with Gasteiger partial charge in [0, 0.05) is 10.4 Å². The summed E-state index contributed by atoms with van der Waals surface area (Å²) in [6.45, 7) is 0.783. The number of hydrogen-bond acceptors (Lipinski definition) is 3. The molecule has 2 N–H and O–H groups in total. The zero-order valence-corrected chi connectivity index (χ0v) is 16.3. The molecule has 0 atom stereocenters. The van der Waals surface area contributed by atoms with Gasteiger partial charge in [-0.2, -0.15) is 0 Å². The zero-order chi connectivity index (χ0) is 18.9. The molecule has 4 aliphatic rings. The summed E-state index contributed by atoms with van der Waals surface area (Å²) in [4.78, 5) is 24.9. The van der Waals surface area contributed by atoms with Gasteiger partial charge in [-0.25, -0.2) is 0 Å². The van der Waals surface area contributed by atoms with Crippen LogP contribution in [0.15, 0.2) is 24.3 Å². The second kappa shape index (κ2) is 7.70. The molecule has 6 heteroatoms. The molecule has 2 amide bonds. The number of carbonyl (C=O) groups is 2. The summed E-state index contributed by atoms with van der Waals surface area (Å²) in [5.41, 5.74) is -0.204. The Balaban J connectivity index is 1.18. The summed E-state index contributed by atoms with van der Waals surface area (Å²) < 4.78 is 5.54. The van der Waals surface area contributed by atoms with Crippen LogP contribution in [0.5, 0.6) is 5.75 Å². The molecule has 4 bridgehead atoms. The van der Waals surface area contributed by atoms with E-state index in [0.29, 0.717) is 23.9 Å². The third kappa shape index (κ3) is 4.23. The quantitative estimate of drug-likeness (QED) is 0.703. The molecular weight excluding hydrogens is 364 g/mol. The average molecular weight is 391 g/mol. The smallest absolute Gasteiger partial charge is 0.239 e. The van der Waals surface area contributed by atoms with Crippen LogP contribution in [0.4, 0.5) is 0 Å². The highest BCUT2D eigenvalue weighted by atomic mass is 35.5. The molecule has 0 aliphatic heterocycles. The van der Waals surface area contributed by atoms with Gasteiger partial charge in [0.1, 0.15) is 12.4 Å². The molecule has 5 rings (SSSR count). The SMILES string of the molecule is O=C(CNC(=O)C12CC3CC(CC(C3)C1)C2)NCCOc1cccc(Cl)c1. The minimum Gasteiger partial charge on any atom is -0.492 e. The summed E-state index contributed by atoms with van der Waals surface area (Å²) in [7, 11) is 0. The predicted molar refractivity (Wildman–Crippen MR) is 104 cm³/mol. The Morgan fingerprint density at radius 2 is 1.74 bits per heavy atom. The number of hydrogen-bond donors (Lipinski definition) is 2. The first kappa shape index (κ1) is 18.6. The normalized spacial score (nSPS) is 30.8. The fourth-order valence-electron chi connectivity index (χ4n) is 5.72. The monoisotopic (exact) mass is 390 g/mol. The summed E-state index contributed by atoms with van der Waals surface area (Å²) in [6.07, 6.45) is 6.96. The predicted octanol–water partition coefficient (Wildman–Crippen LogP) is 3.17. The highest BCUT2D eigenvalue weighted by molar-refractivity contribution is 6.30. The van der Waals surface area contributed by atoms with Crippen molar-refractivity contribution in [3.8, 4) is 5.75 Å². The van der Waals surface area contributed by atoms with E-state index in [9.17, 15) is 9.59 Å². The maximum absolute atomic E-state index is 12.8. The average Bonchev–Trinajstić information content (AvgIpc) is 2.62. The van der Waals surface area contributed by atoms with E-state index in [1.165, 1.54) is 19.3 Å². The van der Waals surface area contributed by atoms with E-state index in [1.807, 2.05) is 12.1 Å². The molecule has 1 aromatic rings. The first-order valence-corrected chi connectivity index (χ1v) is 10.3. The molecule has 146 valence electrons. The van der Waals surface area contributed by atoms with Crippen molar-refractivity contribution in [2.75, 3.05) is 19.7 Å². The van der Waals surface area contributed by atoms with Crippen LogP contribution in [0.2, 0.25) is 5.02 Å². The van der Waals surface area contributed by atoms with Crippen LogP contribution in [0, 0.1) is 23.2 Å². The van der Waals surface area contributed by atoms with E-state index in [-0.39, 0.29) is 23.8 Å². The largest absolute Gasteiger partial charge is 0.492 e. The summed E-state index contributed by atoms with van der Waals surface area (Å²) >= 11 is 5.90. The van der Waals surface area contributed by atoms with Gasteiger partial charge in [-0.3, -0.25) is 9.59 Å².